The molecule has 1 atom stereocenters. The second-order valence-corrected chi connectivity index (χ2v) is 4.81. The molecule has 3 N–H and O–H groups in total. The van der Waals surface area contributed by atoms with Crippen molar-refractivity contribution in [3.8, 4) is 0 Å². The Kier molecular flexibility index (Phi) is 4.34. The molecule has 1 aromatic carbocycles. The molecule has 2 rings (SSSR count). The van der Waals surface area contributed by atoms with E-state index < -0.39 is 17.5 Å². The van der Waals surface area contributed by atoms with Crippen molar-refractivity contribution in [1.82, 2.24) is 9.78 Å². The molecule has 0 saturated carbocycles. The molecule has 0 aliphatic heterocycles. The number of benzene rings is 1. The number of halogens is 3. The first kappa shape index (κ1) is 15.5. The van der Waals surface area contributed by atoms with Crippen LogP contribution in [0.2, 0.25) is 0 Å². The average molecular weight is 299 g/mol. The highest BCUT2D eigenvalue weighted by atomic mass is 19.4. The Morgan fingerprint density at radius 3 is 2.33 bits per heavy atom. The minimum atomic E-state index is -4.46. The number of aliphatic hydroxyl groups is 1. The Morgan fingerprint density at radius 1 is 1.14 bits per heavy atom. The summed E-state index contributed by atoms with van der Waals surface area (Å²) in [5.74, 6) is 0. The second-order valence-electron chi connectivity index (χ2n) is 4.81. The molecule has 1 heterocycles. The lowest BCUT2D eigenvalue weighted by atomic mass is 9.90. The van der Waals surface area contributed by atoms with Gasteiger partial charge in [0.1, 0.15) is 5.60 Å². The number of nitrogens with two attached hydrogens (primary N) is 1. The van der Waals surface area contributed by atoms with E-state index >= 15 is 0 Å². The molecule has 4 nitrogen and oxygen atoms in total. The van der Waals surface area contributed by atoms with Gasteiger partial charge in [0.05, 0.1) is 0 Å². The van der Waals surface area contributed by atoms with Crippen molar-refractivity contribution in [2.75, 3.05) is 6.54 Å². The predicted octanol–water partition coefficient (Wildman–Crippen LogP) is 2.14. The van der Waals surface area contributed by atoms with Crippen LogP contribution in [-0.4, -0.2) is 21.4 Å². The summed E-state index contributed by atoms with van der Waals surface area (Å²) in [6.07, 6.45) is -3.05. The summed E-state index contributed by atoms with van der Waals surface area (Å²) >= 11 is 0. The van der Waals surface area contributed by atoms with Gasteiger partial charge in [-0.3, -0.25) is 4.68 Å². The normalized spacial score (nSPS) is 14.9. The summed E-state index contributed by atoms with van der Waals surface area (Å²) in [4.78, 5) is 0. The fourth-order valence-corrected chi connectivity index (χ4v) is 2.05. The van der Waals surface area contributed by atoms with Crippen LogP contribution in [-0.2, 0) is 18.3 Å². The fraction of sp³-hybridized carbons (Fsp3) is 0.357. The van der Waals surface area contributed by atoms with Gasteiger partial charge in [0.2, 0.25) is 0 Å². The maximum atomic E-state index is 12.5. The molecule has 7 heteroatoms. The highest BCUT2D eigenvalue weighted by Crippen LogP contribution is 2.28. The molecule has 0 amide bonds. The third kappa shape index (κ3) is 3.62. The van der Waals surface area contributed by atoms with Gasteiger partial charge in [-0.15, -0.1) is 0 Å². The lowest BCUT2D eigenvalue weighted by Gasteiger charge is -2.27. The predicted molar refractivity (Wildman–Crippen MR) is 71.2 cm³/mol. The van der Waals surface area contributed by atoms with Crippen molar-refractivity contribution in [3.05, 3.63) is 53.9 Å². The van der Waals surface area contributed by atoms with E-state index in [1.165, 1.54) is 6.20 Å². The summed E-state index contributed by atoms with van der Waals surface area (Å²) in [6.45, 7) is 0.114. The molecule has 0 aliphatic carbocycles. The number of nitrogens with zero attached hydrogens (tertiary/aromatic N) is 2. The smallest absolute Gasteiger partial charge is 0.384 e. The van der Waals surface area contributed by atoms with Crippen molar-refractivity contribution < 1.29 is 18.3 Å². The lowest BCUT2D eigenvalue weighted by molar-refractivity contribution is -0.141. The van der Waals surface area contributed by atoms with Crippen molar-refractivity contribution in [1.29, 1.82) is 0 Å². The quantitative estimate of drug-likeness (QED) is 0.889. The highest BCUT2D eigenvalue weighted by molar-refractivity contribution is 5.22. The number of hydrogen-bond donors (Lipinski definition) is 2. The van der Waals surface area contributed by atoms with E-state index in [9.17, 15) is 18.3 Å². The van der Waals surface area contributed by atoms with Crippen molar-refractivity contribution in [2.45, 2.75) is 24.7 Å². The number of aromatic nitrogens is 2. The van der Waals surface area contributed by atoms with Gasteiger partial charge in [0.15, 0.2) is 5.69 Å². The van der Waals surface area contributed by atoms with Crippen LogP contribution in [0.5, 0.6) is 0 Å². The third-order valence-electron chi connectivity index (χ3n) is 3.33. The van der Waals surface area contributed by atoms with Gasteiger partial charge in [-0.25, -0.2) is 0 Å². The van der Waals surface area contributed by atoms with E-state index in [1.807, 2.05) is 6.07 Å². The van der Waals surface area contributed by atoms with Gasteiger partial charge in [-0.1, -0.05) is 30.3 Å². The summed E-state index contributed by atoms with van der Waals surface area (Å²) in [5, 5.41) is 14.0. The van der Waals surface area contributed by atoms with Gasteiger partial charge in [-0.05, 0) is 11.6 Å². The van der Waals surface area contributed by atoms with Crippen molar-refractivity contribution in [3.63, 3.8) is 0 Å². The van der Waals surface area contributed by atoms with E-state index in [0.717, 1.165) is 10.7 Å². The molecule has 1 unspecified atom stereocenters. The van der Waals surface area contributed by atoms with Gasteiger partial charge in [-0.2, -0.15) is 18.3 Å². The SMILES string of the molecule is NCC(O)(CCn1ccc(C(F)(F)F)n1)c1ccccc1. The molecule has 0 fully saturated rings. The van der Waals surface area contributed by atoms with Gasteiger partial charge in [0.25, 0.3) is 0 Å². The standard InChI is InChI=1S/C14H16F3N3O/c15-14(16,17)12-6-8-20(19-12)9-7-13(21,10-18)11-4-2-1-3-5-11/h1-6,8,21H,7,9-10,18H2. The van der Waals surface area contributed by atoms with E-state index in [4.69, 9.17) is 5.73 Å². The zero-order valence-electron chi connectivity index (χ0n) is 11.2. The molecule has 2 aromatic rings. The molecule has 0 bridgehead atoms. The van der Waals surface area contributed by atoms with Crippen LogP contribution in [0.15, 0.2) is 42.6 Å². The van der Waals surface area contributed by atoms with Crippen LogP contribution < -0.4 is 5.73 Å². The molecule has 0 saturated heterocycles. The number of aryl methyl sites for hydroxylation is 1. The zero-order valence-corrected chi connectivity index (χ0v) is 11.2. The molecule has 1 aromatic heterocycles. The van der Waals surface area contributed by atoms with E-state index in [2.05, 4.69) is 5.10 Å². The molecule has 0 radical (unpaired) electrons. The Labute approximate surface area is 120 Å². The zero-order chi connectivity index (χ0) is 15.5. The van der Waals surface area contributed by atoms with Crippen molar-refractivity contribution in [2.24, 2.45) is 5.73 Å². The Balaban J connectivity index is 2.09. The van der Waals surface area contributed by atoms with Crippen LogP contribution in [0, 0.1) is 0 Å². The average Bonchev–Trinajstić information content (AvgIpc) is 2.95. The van der Waals surface area contributed by atoms with Gasteiger partial charge >= 0.3 is 6.18 Å². The molecule has 21 heavy (non-hydrogen) atoms. The largest absolute Gasteiger partial charge is 0.435 e. The fourth-order valence-electron chi connectivity index (χ4n) is 2.05. The first-order valence-corrected chi connectivity index (χ1v) is 6.44. The lowest BCUT2D eigenvalue weighted by Crippen LogP contribution is -2.36. The highest BCUT2D eigenvalue weighted by Gasteiger charge is 2.34. The van der Waals surface area contributed by atoms with Crippen LogP contribution in [0.25, 0.3) is 0 Å². The van der Waals surface area contributed by atoms with Crippen LogP contribution in [0.4, 0.5) is 13.2 Å². The summed E-state index contributed by atoms with van der Waals surface area (Å²) in [6, 6.07) is 9.72. The summed E-state index contributed by atoms with van der Waals surface area (Å²) < 4.78 is 38.5. The summed E-state index contributed by atoms with van der Waals surface area (Å²) in [7, 11) is 0. The third-order valence-corrected chi connectivity index (χ3v) is 3.33. The number of hydrogen-bond acceptors (Lipinski definition) is 3. The monoisotopic (exact) mass is 299 g/mol. The van der Waals surface area contributed by atoms with E-state index in [0.29, 0.717) is 5.56 Å². The molecular weight excluding hydrogens is 283 g/mol. The van der Waals surface area contributed by atoms with Crippen LogP contribution in [0.3, 0.4) is 0 Å². The Bertz CT molecular complexity index is 583. The van der Waals surface area contributed by atoms with Gasteiger partial charge in [0, 0.05) is 25.7 Å². The minimum absolute atomic E-state index is 0.0234. The number of alkyl halides is 3. The van der Waals surface area contributed by atoms with Crippen LogP contribution >= 0.6 is 0 Å². The van der Waals surface area contributed by atoms with Gasteiger partial charge < -0.3 is 10.8 Å². The van der Waals surface area contributed by atoms with Crippen LogP contribution in [0.1, 0.15) is 17.7 Å². The maximum absolute atomic E-state index is 12.5. The molecule has 114 valence electrons. The summed E-state index contributed by atoms with van der Waals surface area (Å²) in [5.41, 5.74) is 4.02. The van der Waals surface area contributed by atoms with Crippen molar-refractivity contribution >= 4 is 0 Å². The second kappa shape index (κ2) is 5.87. The van der Waals surface area contributed by atoms with E-state index in [1.54, 1.807) is 24.3 Å². The minimum Gasteiger partial charge on any atom is -0.384 e. The first-order valence-electron chi connectivity index (χ1n) is 6.44. The van der Waals surface area contributed by atoms with E-state index in [-0.39, 0.29) is 19.5 Å². The first-order chi connectivity index (χ1) is 9.85. The Hall–Kier alpha value is -1.86. The molecule has 0 spiro atoms. The number of rotatable bonds is 5. The topological polar surface area (TPSA) is 64.1 Å². The maximum Gasteiger partial charge on any atom is 0.435 e. The Morgan fingerprint density at radius 2 is 1.81 bits per heavy atom. The molecule has 0 aliphatic rings. The molecular formula is C14H16F3N3O.